The molecule has 9 nitrogen and oxygen atoms in total. The maximum Gasteiger partial charge on any atom is 0.340 e. The molecule has 0 radical (unpaired) electrons. The van der Waals surface area contributed by atoms with Crippen molar-refractivity contribution in [3.8, 4) is 11.4 Å². The molecule has 0 saturated carbocycles. The van der Waals surface area contributed by atoms with Gasteiger partial charge in [0.05, 0.1) is 53.7 Å². The fourth-order valence-corrected chi connectivity index (χ4v) is 6.27. The van der Waals surface area contributed by atoms with E-state index < -0.39 is 12.1 Å². The fraction of sp³-hybridized carbons (Fsp3) is 0.448. The van der Waals surface area contributed by atoms with Gasteiger partial charge in [0.2, 0.25) is 5.91 Å². The first kappa shape index (κ1) is 25.6. The highest BCUT2D eigenvalue weighted by molar-refractivity contribution is 5.93. The van der Waals surface area contributed by atoms with Crippen LogP contribution in [0.15, 0.2) is 16.9 Å². The number of amides is 1. The largest absolute Gasteiger partial charge is 0.458 e. The van der Waals surface area contributed by atoms with Crippen LogP contribution in [-0.2, 0) is 38.6 Å². The zero-order chi connectivity index (χ0) is 27.7. The number of esters is 1. The van der Waals surface area contributed by atoms with Crippen molar-refractivity contribution >= 4 is 22.8 Å². The van der Waals surface area contributed by atoms with Gasteiger partial charge in [-0.2, -0.15) is 0 Å². The van der Waals surface area contributed by atoms with Gasteiger partial charge < -0.3 is 24.5 Å². The molecule has 3 atom stereocenters. The summed E-state index contributed by atoms with van der Waals surface area (Å²) in [5.74, 6) is -1.33. The summed E-state index contributed by atoms with van der Waals surface area (Å²) in [4.78, 5) is 43.3. The second-order valence-electron chi connectivity index (χ2n) is 10.9. The Morgan fingerprint density at radius 1 is 1.26 bits per heavy atom. The number of halogens is 1. The van der Waals surface area contributed by atoms with Crippen molar-refractivity contribution in [2.75, 3.05) is 0 Å². The molecule has 39 heavy (non-hydrogen) atoms. The number of nitrogens with one attached hydrogen (secondary N) is 1. The summed E-state index contributed by atoms with van der Waals surface area (Å²) < 4.78 is 27.3. The molecule has 204 valence electrons. The minimum absolute atomic E-state index is 0.00262. The van der Waals surface area contributed by atoms with E-state index in [-0.39, 0.29) is 66.2 Å². The van der Waals surface area contributed by atoms with Crippen LogP contribution < -0.4 is 10.9 Å². The number of fused-ring (bicyclic) bond motifs is 5. The Morgan fingerprint density at radius 3 is 2.77 bits per heavy atom. The van der Waals surface area contributed by atoms with Gasteiger partial charge in [-0.25, -0.2) is 14.2 Å². The lowest BCUT2D eigenvalue weighted by Crippen LogP contribution is -2.34. The van der Waals surface area contributed by atoms with Crippen molar-refractivity contribution in [3.63, 3.8) is 0 Å². The highest BCUT2D eigenvalue weighted by Gasteiger charge is 2.37. The van der Waals surface area contributed by atoms with Gasteiger partial charge in [-0.15, -0.1) is 0 Å². The highest BCUT2D eigenvalue weighted by atomic mass is 19.1. The number of hydrogen-bond donors (Lipinski definition) is 2. The van der Waals surface area contributed by atoms with Crippen molar-refractivity contribution in [3.05, 3.63) is 61.7 Å². The zero-order valence-electron chi connectivity index (χ0n) is 22.3. The molecule has 2 aliphatic heterocycles. The van der Waals surface area contributed by atoms with Crippen LogP contribution in [0.4, 0.5) is 4.39 Å². The topological polar surface area (TPSA) is 120 Å². The van der Waals surface area contributed by atoms with Gasteiger partial charge in [0, 0.05) is 22.6 Å². The van der Waals surface area contributed by atoms with Crippen molar-refractivity contribution in [1.29, 1.82) is 0 Å². The third kappa shape index (κ3) is 4.04. The molecule has 1 aliphatic carbocycles. The molecule has 0 saturated heterocycles. The Hall–Kier alpha value is -3.63. The predicted octanol–water partition coefficient (Wildman–Crippen LogP) is 3.27. The van der Waals surface area contributed by atoms with Crippen LogP contribution in [0.25, 0.3) is 22.3 Å². The van der Waals surface area contributed by atoms with Crippen LogP contribution in [0, 0.1) is 12.7 Å². The van der Waals surface area contributed by atoms with Crippen molar-refractivity contribution in [2.24, 2.45) is 0 Å². The second kappa shape index (κ2) is 9.24. The number of aromatic nitrogens is 2. The Morgan fingerprint density at radius 2 is 2.03 bits per heavy atom. The lowest BCUT2D eigenvalue weighted by atomic mass is 9.81. The van der Waals surface area contributed by atoms with Gasteiger partial charge in [-0.3, -0.25) is 9.59 Å². The molecule has 6 rings (SSSR count). The molecule has 2 aromatic heterocycles. The smallest absolute Gasteiger partial charge is 0.340 e. The van der Waals surface area contributed by atoms with Crippen LogP contribution in [0.1, 0.15) is 79.1 Å². The summed E-state index contributed by atoms with van der Waals surface area (Å²) in [7, 11) is 0. The van der Waals surface area contributed by atoms with Crippen LogP contribution >= 0.6 is 0 Å². The van der Waals surface area contributed by atoms with E-state index in [0.29, 0.717) is 35.3 Å². The number of pyridine rings is 2. The summed E-state index contributed by atoms with van der Waals surface area (Å²) in [5.41, 5.74) is 4.43. The number of aliphatic hydroxyl groups is 1. The van der Waals surface area contributed by atoms with Crippen LogP contribution in [0.5, 0.6) is 0 Å². The number of hydrogen-bond acceptors (Lipinski definition) is 7. The summed E-state index contributed by atoms with van der Waals surface area (Å²) in [6.45, 7) is 7.43. The third-order valence-electron chi connectivity index (χ3n) is 7.96. The van der Waals surface area contributed by atoms with E-state index in [9.17, 15) is 23.9 Å². The van der Waals surface area contributed by atoms with E-state index in [4.69, 9.17) is 14.5 Å². The van der Waals surface area contributed by atoms with Gasteiger partial charge >= 0.3 is 5.97 Å². The average Bonchev–Trinajstić information content (AvgIpc) is 3.23. The summed E-state index contributed by atoms with van der Waals surface area (Å²) >= 11 is 0. The Balaban J connectivity index is 1.50. The first-order chi connectivity index (χ1) is 18.5. The summed E-state index contributed by atoms with van der Waals surface area (Å²) in [6.07, 6.45) is -0.495. The number of cyclic esters (lactones) is 1. The number of ether oxygens (including phenoxy) is 2. The van der Waals surface area contributed by atoms with E-state index in [2.05, 4.69) is 5.32 Å². The molecule has 3 aliphatic rings. The predicted molar refractivity (Wildman–Crippen MR) is 139 cm³/mol. The minimum atomic E-state index is -1.57. The molecule has 1 aromatic carbocycles. The maximum absolute atomic E-state index is 15.0. The van der Waals surface area contributed by atoms with Crippen LogP contribution in [0.2, 0.25) is 0 Å². The number of carbonyl (C=O) groups excluding carboxylic acids is 2. The molecule has 4 heterocycles. The second-order valence-corrected chi connectivity index (χ2v) is 10.9. The van der Waals surface area contributed by atoms with Crippen LogP contribution in [-0.4, -0.2) is 38.7 Å². The molecule has 0 fully saturated rings. The molecule has 0 unspecified atom stereocenters. The number of carbonyl (C=O) groups is 2. The van der Waals surface area contributed by atoms with E-state index in [0.717, 1.165) is 22.1 Å². The van der Waals surface area contributed by atoms with Gasteiger partial charge in [-0.05, 0) is 63.3 Å². The normalized spacial score (nSPS) is 19.9. The zero-order valence-corrected chi connectivity index (χ0v) is 22.3. The van der Waals surface area contributed by atoms with E-state index >= 15 is 0 Å². The molecule has 1 amide bonds. The summed E-state index contributed by atoms with van der Waals surface area (Å²) in [5, 5.41) is 14.4. The first-order valence-electron chi connectivity index (χ1n) is 13.3. The van der Waals surface area contributed by atoms with Gasteiger partial charge in [0.1, 0.15) is 12.4 Å². The number of aryl methyl sites for hydroxylation is 1. The van der Waals surface area contributed by atoms with E-state index in [1.165, 1.54) is 6.07 Å². The van der Waals surface area contributed by atoms with Crippen LogP contribution in [0.3, 0.4) is 0 Å². The Labute approximate surface area is 223 Å². The van der Waals surface area contributed by atoms with Gasteiger partial charge in [0.25, 0.3) is 5.56 Å². The lowest BCUT2D eigenvalue weighted by Gasteiger charge is -2.30. The van der Waals surface area contributed by atoms with Crippen molar-refractivity contribution in [2.45, 2.75) is 84.5 Å². The minimum Gasteiger partial charge on any atom is -0.458 e. The molecule has 0 bridgehead atoms. The van der Waals surface area contributed by atoms with Crippen molar-refractivity contribution in [1.82, 2.24) is 14.9 Å². The quantitative estimate of drug-likeness (QED) is 0.377. The van der Waals surface area contributed by atoms with Gasteiger partial charge in [0.15, 0.2) is 6.10 Å². The maximum atomic E-state index is 15.0. The van der Waals surface area contributed by atoms with Gasteiger partial charge in [-0.1, -0.05) is 0 Å². The third-order valence-corrected chi connectivity index (χ3v) is 7.96. The number of nitrogens with zero attached hydrogens (tertiary/aromatic N) is 2. The molecule has 3 aromatic rings. The fourth-order valence-electron chi connectivity index (χ4n) is 6.27. The summed E-state index contributed by atoms with van der Waals surface area (Å²) in [6, 6.07) is 2.63. The van der Waals surface area contributed by atoms with Crippen molar-refractivity contribution < 1.29 is 28.6 Å². The first-order valence-corrected chi connectivity index (χ1v) is 13.3. The Bertz CT molecular complexity index is 1630. The molecular formula is C29H30FN3O6. The number of aliphatic hydroxyl groups excluding tert-OH is 1. The average molecular weight is 536 g/mol. The number of rotatable bonds is 5. The molecule has 10 heteroatoms. The standard InChI is InChI=1S/C29H30FN3O6/c1-12(2)39-13(3)7-23(34)31-20-6-5-15-14(4)19(30)9-21-24(15)25(20)17-10-33-22(26(17)32-21)8-16-18(28(33)36)11-38-29(37)27(16)35/h8-9,12-13,20,27,35H,5-7,10-11H2,1-4H3,(H,31,34)/t13-,20-,27-/m0/s1. The van der Waals surface area contributed by atoms with E-state index in [1.807, 2.05) is 20.8 Å². The molecular weight excluding hydrogens is 505 g/mol. The lowest BCUT2D eigenvalue weighted by molar-refractivity contribution is -0.157. The Kier molecular flexibility index (Phi) is 6.07. The number of benzene rings is 1. The SMILES string of the molecule is Cc1c(F)cc2nc3c(c4c2c1CC[C@@H]4NC(=O)C[C@H](C)OC(C)C)Cn1c-3cc2c(c1=O)COC(=O)[C@H]2O. The molecule has 0 spiro atoms. The monoisotopic (exact) mass is 535 g/mol. The highest BCUT2D eigenvalue weighted by Crippen LogP contribution is 2.45. The molecule has 2 N–H and O–H groups in total. The van der Waals surface area contributed by atoms with E-state index in [1.54, 1.807) is 17.6 Å².